The van der Waals surface area contributed by atoms with Gasteiger partial charge in [-0.3, -0.25) is 23.9 Å². The van der Waals surface area contributed by atoms with Crippen molar-refractivity contribution in [3.63, 3.8) is 0 Å². The largest absolute Gasteiger partial charge is 0.394 e. The quantitative estimate of drug-likeness (QED) is 0.0570. The first-order valence-corrected chi connectivity index (χ1v) is 20.9. The van der Waals surface area contributed by atoms with Crippen LogP contribution in [0.15, 0.2) is 21.9 Å². The number of H-pyrrole nitrogens is 1. The van der Waals surface area contributed by atoms with Gasteiger partial charge in [0.1, 0.15) is 60.9 Å². The number of aliphatic hydroxyl groups excluding tert-OH is 8. The van der Waals surface area contributed by atoms with Crippen molar-refractivity contribution in [1.29, 1.82) is 0 Å². The normalized spacial score (nSPS) is 34.2. The highest BCUT2D eigenvalue weighted by Crippen LogP contribution is 2.34. The number of nitrogens with one attached hydrogen (secondary N) is 3. The lowest BCUT2D eigenvalue weighted by Crippen LogP contribution is -2.69. The maximum Gasteiger partial charge on any atom is 0.330 e. The molecule has 59 heavy (non-hydrogen) atoms. The molecule has 0 saturated carbocycles. The number of unbranched alkanes of at least 4 members (excludes halogenated alkanes) is 9. The summed E-state index contributed by atoms with van der Waals surface area (Å²) in [4.78, 5) is 51.2. The van der Waals surface area contributed by atoms with Gasteiger partial charge in [0.25, 0.3) is 5.56 Å². The first-order valence-electron chi connectivity index (χ1n) is 20.9. The fourth-order valence-electron chi connectivity index (χ4n) is 7.86. The third-order valence-electron chi connectivity index (χ3n) is 11.2. The molecule has 0 spiro atoms. The van der Waals surface area contributed by atoms with Gasteiger partial charge in [0.05, 0.1) is 18.8 Å². The average molecular weight is 847 g/mol. The van der Waals surface area contributed by atoms with Crippen LogP contribution in [-0.2, 0) is 28.5 Å². The highest BCUT2D eigenvalue weighted by molar-refractivity contribution is 5.76. The fourth-order valence-corrected chi connectivity index (χ4v) is 7.86. The minimum Gasteiger partial charge on any atom is -0.394 e. The van der Waals surface area contributed by atoms with Gasteiger partial charge >= 0.3 is 5.69 Å². The molecule has 15 atom stereocenters. The number of hydrogen-bond donors (Lipinski definition) is 11. The van der Waals surface area contributed by atoms with Crippen LogP contribution >= 0.6 is 0 Å². The van der Waals surface area contributed by atoms with Crippen LogP contribution in [0, 0.1) is 5.92 Å². The zero-order chi connectivity index (χ0) is 43.4. The second kappa shape index (κ2) is 23.4. The number of aromatic amines is 1. The number of hydrogen-bond acceptors (Lipinski definition) is 16. The fraction of sp³-hybridized carbons (Fsp3) is 0.846. The molecule has 4 heterocycles. The summed E-state index contributed by atoms with van der Waals surface area (Å²) in [5.41, 5.74) is -1.67. The van der Waals surface area contributed by atoms with Crippen LogP contribution in [0.2, 0.25) is 0 Å². The van der Waals surface area contributed by atoms with Gasteiger partial charge in [-0.05, 0) is 12.3 Å². The van der Waals surface area contributed by atoms with Gasteiger partial charge in [-0.1, -0.05) is 78.1 Å². The Morgan fingerprint density at radius 3 is 1.86 bits per heavy atom. The Morgan fingerprint density at radius 2 is 1.31 bits per heavy atom. The monoisotopic (exact) mass is 846 g/mol. The first-order chi connectivity index (χ1) is 28.0. The molecule has 0 aliphatic carbocycles. The Labute approximate surface area is 342 Å². The van der Waals surface area contributed by atoms with Crippen molar-refractivity contribution in [2.75, 3.05) is 6.61 Å². The van der Waals surface area contributed by atoms with Crippen LogP contribution < -0.4 is 21.9 Å². The lowest BCUT2D eigenvalue weighted by molar-refractivity contribution is -0.347. The van der Waals surface area contributed by atoms with Gasteiger partial charge in [0.15, 0.2) is 18.8 Å². The molecule has 0 bridgehead atoms. The standard InChI is InChI=1S/C39H66N4O16/c1-20(2)14-12-10-8-6-4-5-7-9-11-13-15-25(47)41-28-32(52)29(49)23(56-38(28)59-37-27(40-21(3)45)31(51)30(50)24(19-44)57-37)18-22(46)35-33(53)34(54)36(58-35)43-17-16-26(48)42-39(43)55/h16-17,20,22-24,27-38,44,46,49-54H,4-15,18-19H2,1-3H3,(H,40,45)(H,41,47)(H,42,48,55)/t22-,23-,24-,27-,28-,29+,30-,31-,32-,33+,34-,35-,36-,37-,38+/m1/s1. The summed E-state index contributed by atoms with van der Waals surface area (Å²) in [6, 6.07) is -1.94. The second-order valence-corrected chi connectivity index (χ2v) is 16.4. The molecule has 20 heteroatoms. The molecule has 338 valence electrons. The van der Waals surface area contributed by atoms with E-state index in [2.05, 4.69) is 24.5 Å². The molecule has 2 amide bonds. The predicted molar refractivity (Wildman–Crippen MR) is 207 cm³/mol. The number of aliphatic hydroxyl groups is 8. The maximum atomic E-state index is 13.2. The summed E-state index contributed by atoms with van der Waals surface area (Å²) < 4.78 is 24.2. The molecule has 3 aliphatic heterocycles. The molecule has 4 rings (SSSR count). The van der Waals surface area contributed by atoms with E-state index in [9.17, 15) is 60.0 Å². The molecule has 0 aromatic carbocycles. The van der Waals surface area contributed by atoms with E-state index in [0.717, 1.165) is 55.4 Å². The number of rotatable bonds is 22. The minimum atomic E-state index is -1.82. The van der Waals surface area contributed by atoms with E-state index >= 15 is 0 Å². The van der Waals surface area contributed by atoms with Crippen LogP contribution in [0.25, 0.3) is 0 Å². The summed E-state index contributed by atoms with van der Waals surface area (Å²) in [7, 11) is 0. The summed E-state index contributed by atoms with van der Waals surface area (Å²) in [5, 5.41) is 91.6. The Hall–Kier alpha value is -2.86. The third-order valence-corrected chi connectivity index (χ3v) is 11.2. The van der Waals surface area contributed by atoms with E-state index in [1.807, 2.05) is 4.98 Å². The van der Waals surface area contributed by atoms with Crippen molar-refractivity contribution >= 4 is 11.8 Å². The van der Waals surface area contributed by atoms with E-state index in [1.54, 1.807) is 0 Å². The third kappa shape index (κ3) is 13.6. The smallest absolute Gasteiger partial charge is 0.330 e. The van der Waals surface area contributed by atoms with Crippen LogP contribution in [0.1, 0.15) is 110 Å². The molecule has 3 fully saturated rings. The topological polar surface area (TPSA) is 312 Å². The highest BCUT2D eigenvalue weighted by Gasteiger charge is 2.53. The molecule has 0 unspecified atom stereocenters. The van der Waals surface area contributed by atoms with E-state index < -0.39 is 128 Å². The van der Waals surface area contributed by atoms with Crippen molar-refractivity contribution in [2.45, 2.75) is 196 Å². The van der Waals surface area contributed by atoms with Gasteiger partial charge in [-0.2, -0.15) is 0 Å². The van der Waals surface area contributed by atoms with Crippen LogP contribution in [0.3, 0.4) is 0 Å². The lowest BCUT2D eigenvalue weighted by atomic mass is 9.91. The number of carbonyl (C=O) groups excluding carboxylic acids is 2. The molecule has 11 N–H and O–H groups in total. The van der Waals surface area contributed by atoms with E-state index in [-0.39, 0.29) is 6.42 Å². The molecule has 1 aromatic rings. The zero-order valence-electron chi connectivity index (χ0n) is 34.1. The molecular weight excluding hydrogens is 780 g/mol. The average Bonchev–Trinajstić information content (AvgIpc) is 3.47. The number of aromatic nitrogens is 2. The van der Waals surface area contributed by atoms with Crippen LogP contribution in [-0.4, -0.2) is 155 Å². The Morgan fingerprint density at radius 1 is 0.763 bits per heavy atom. The van der Waals surface area contributed by atoms with Crippen LogP contribution in [0.4, 0.5) is 0 Å². The molecule has 3 saturated heterocycles. The number of carbonyl (C=O) groups is 2. The highest BCUT2D eigenvalue weighted by atomic mass is 16.8. The summed E-state index contributed by atoms with van der Waals surface area (Å²) in [6.45, 7) is 4.84. The number of nitrogens with zero attached hydrogens (tertiary/aromatic N) is 1. The zero-order valence-corrected chi connectivity index (χ0v) is 34.1. The minimum absolute atomic E-state index is 0.0642. The molecule has 1 aromatic heterocycles. The molecule has 20 nitrogen and oxygen atoms in total. The first kappa shape index (κ1) is 48.8. The summed E-state index contributed by atoms with van der Waals surface area (Å²) in [5.74, 6) is -0.425. The van der Waals surface area contributed by atoms with Crippen molar-refractivity contribution in [3.05, 3.63) is 33.1 Å². The van der Waals surface area contributed by atoms with Gasteiger partial charge in [-0.15, -0.1) is 0 Å². The molecule has 0 radical (unpaired) electrons. The molecular formula is C39H66N4O16. The number of amides is 2. The van der Waals surface area contributed by atoms with Crippen molar-refractivity contribution in [2.24, 2.45) is 5.92 Å². The van der Waals surface area contributed by atoms with E-state index in [1.165, 1.54) is 38.5 Å². The van der Waals surface area contributed by atoms with Gasteiger partial charge in [-0.25, -0.2) is 4.79 Å². The SMILES string of the molecule is CC(=O)N[C@H]1[C@@H](O[C@@H]2O[C@H](C[C@@H](O)[C@H]3O[C@@H](n4ccc(=O)[nH]c4=O)[C@H](O)[C@@H]3O)[C@H](O)[C@H](O)[C@H]2NC(=O)CCCCCCCCCCCCC(C)C)O[C@H](CO)[C@@H](O)[C@@H]1O. The summed E-state index contributed by atoms with van der Waals surface area (Å²) in [6.07, 6.45) is -9.32. The predicted octanol–water partition coefficient (Wildman–Crippen LogP) is -1.86. The maximum absolute atomic E-state index is 13.2. The van der Waals surface area contributed by atoms with E-state index in [0.29, 0.717) is 6.42 Å². The van der Waals surface area contributed by atoms with Crippen molar-refractivity contribution in [1.82, 2.24) is 20.2 Å². The Balaban J connectivity index is 1.42. The number of ether oxygens (including phenoxy) is 4. The Bertz CT molecular complexity index is 1560. The lowest BCUT2D eigenvalue weighted by Gasteiger charge is -2.47. The Kier molecular flexibility index (Phi) is 19.3. The van der Waals surface area contributed by atoms with Crippen LogP contribution in [0.5, 0.6) is 0 Å². The van der Waals surface area contributed by atoms with E-state index in [4.69, 9.17) is 18.9 Å². The molecule has 3 aliphatic rings. The van der Waals surface area contributed by atoms with Crippen molar-refractivity contribution < 1.29 is 69.4 Å². The van der Waals surface area contributed by atoms with Gasteiger partial charge < -0.3 is 70.4 Å². The van der Waals surface area contributed by atoms with Gasteiger partial charge in [0.2, 0.25) is 11.8 Å². The van der Waals surface area contributed by atoms with Gasteiger partial charge in [0, 0.05) is 32.0 Å². The summed E-state index contributed by atoms with van der Waals surface area (Å²) >= 11 is 0. The second-order valence-electron chi connectivity index (χ2n) is 16.4. The van der Waals surface area contributed by atoms with Crippen molar-refractivity contribution in [3.8, 4) is 0 Å².